The molecule has 5 heteroatoms. The van der Waals surface area contributed by atoms with Gasteiger partial charge in [-0.2, -0.15) is 0 Å². The smallest absolute Gasteiger partial charge is 0.257 e. The van der Waals surface area contributed by atoms with Gasteiger partial charge in [-0.3, -0.25) is 9.59 Å². The van der Waals surface area contributed by atoms with Crippen molar-refractivity contribution in [3.8, 4) is 5.75 Å². The molecule has 0 bridgehead atoms. The Bertz CT molecular complexity index is 1000. The van der Waals surface area contributed by atoms with Crippen molar-refractivity contribution in [3.63, 3.8) is 0 Å². The van der Waals surface area contributed by atoms with E-state index in [1.54, 1.807) is 43.3 Å². The third kappa shape index (κ3) is 4.63. The van der Waals surface area contributed by atoms with Crippen LogP contribution in [-0.2, 0) is 0 Å². The van der Waals surface area contributed by atoms with Crippen molar-refractivity contribution in [2.45, 2.75) is 13.0 Å². The molecule has 0 heterocycles. The summed E-state index contributed by atoms with van der Waals surface area (Å²) in [4.78, 5) is 27.0. The van der Waals surface area contributed by atoms with Crippen LogP contribution >= 0.6 is 0 Å². The third-order valence-electron chi connectivity index (χ3n) is 4.90. The Morgan fingerprint density at radius 3 is 2.34 bits per heavy atom. The fourth-order valence-corrected chi connectivity index (χ4v) is 3.08. The van der Waals surface area contributed by atoms with Crippen molar-refractivity contribution >= 4 is 17.5 Å². The zero-order chi connectivity index (χ0) is 20.8. The summed E-state index contributed by atoms with van der Waals surface area (Å²) in [6.45, 7) is 1.95. The second kappa shape index (κ2) is 9.06. The average Bonchev–Trinajstić information content (AvgIpc) is 2.78. The van der Waals surface area contributed by atoms with E-state index in [0.717, 1.165) is 5.56 Å². The molecule has 0 aliphatic heterocycles. The van der Waals surface area contributed by atoms with Gasteiger partial charge in [-0.25, -0.2) is 0 Å². The minimum absolute atomic E-state index is 0.131. The molecule has 3 rings (SSSR count). The maximum atomic E-state index is 13.0. The molecule has 0 aromatic heterocycles. The van der Waals surface area contributed by atoms with Crippen LogP contribution in [0.4, 0.5) is 5.69 Å². The number of ether oxygens (including phenoxy) is 1. The molecular formula is C24H24N2O3. The molecule has 3 aromatic rings. The third-order valence-corrected chi connectivity index (χ3v) is 4.90. The van der Waals surface area contributed by atoms with E-state index in [0.29, 0.717) is 22.6 Å². The van der Waals surface area contributed by atoms with Gasteiger partial charge in [-0.15, -0.1) is 0 Å². The highest BCUT2D eigenvalue weighted by atomic mass is 16.5. The minimum atomic E-state index is -0.194. The molecule has 5 nitrogen and oxygen atoms in total. The second-order valence-electron chi connectivity index (χ2n) is 6.74. The quantitative estimate of drug-likeness (QED) is 0.661. The van der Waals surface area contributed by atoms with E-state index < -0.39 is 0 Å². The summed E-state index contributed by atoms with van der Waals surface area (Å²) < 4.78 is 5.31. The Kier molecular flexibility index (Phi) is 6.29. The first-order valence-electron chi connectivity index (χ1n) is 9.38. The van der Waals surface area contributed by atoms with E-state index in [-0.39, 0.29) is 17.9 Å². The fraction of sp³-hybridized carbons (Fsp3) is 0.167. The normalized spacial score (nSPS) is 11.4. The van der Waals surface area contributed by atoms with Crippen LogP contribution < -0.4 is 10.1 Å². The molecule has 0 aliphatic rings. The first-order valence-corrected chi connectivity index (χ1v) is 9.38. The summed E-state index contributed by atoms with van der Waals surface area (Å²) in [6.07, 6.45) is 0. The Morgan fingerprint density at radius 1 is 0.931 bits per heavy atom. The van der Waals surface area contributed by atoms with Gasteiger partial charge in [0.15, 0.2) is 0 Å². The van der Waals surface area contributed by atoms with Crippen LogP contribution in [0.1, 0.15) is 39.2 Å². The molecule has 0 spiro atoms. The maximum absolute atomic E-state index is 13.0. The lowest BCUT2D eigenvalue weighted by Gasteiger charge is -2.26. The van der Waals surface area contributed by atoms with E-state index in [1.165, 1.54) is 0 Å². The zero-order valence-corrected chi connectivity index (χ0v) is 16.8. The fourth-order valence-electron chi connectivity index (χ4n) is 3.08. The maximum Gasteiger partial charge on any atom is 0.257 e. The van der Waals surface area contributed by atoms with Gasteiger partial charge in [-0.1, -0.05) is 42.5 Å². The molecule has 29 heavy (non-hydrogen) atoms. The lowest BCUT2D eigenvalue weighted by molar-refractivity contribution is 0.0739. The Labute approximate surface area is 170 Å². The van der Waals surface area contributed by atoms with E-state index in [2.05, 4.69) is 5.32 Å². The molecule has 1 N–H and O–H groups in total. The molecule has 1 atom stereocenters. The molecule has 148 valence electrons. The van der Waals surface area contributed by atoms with Crippen molar-refractivity contribution in [2.75, 3.05) is 19.5 Å². The summed E-state index contributed by atoms with van der Waals surface area (Å²) in [5.74, 6) is 0.239. The predicted octanol–water partition coefficient (Wildman–Crippen LogP) is 4.78. The molecule has 0 fully saturated rings. The molecule has 0 saturated heterocycles. The number of hydrogen-bond donors (Lipinski definition) is 1. The largest absolute Gasteiger partial charge is 0.496 e. The number of anilines is 1. The number of amides is 2. The van der Waals surface area contributed by atoms with Gasteiger partial charge in [0, 0.05) is 18.3 Å². The lowest BCUT2D eigenvalue weighted by Crippen LogP contribution is -2.30. The van der Waals surface area contributed by atoms with Crippen molar-refractivity contribution in [1.82, 2.24) is 4.90 Å². The number of para-hydroxylation sites is 1. The van der Waals surface area contributed by atoms with E-state index in [9.17, 15) is 9.59 Å². The number of nitrogens with one attached hydrogen (secondary N) is 1. The topological polar surface area (TPSA) is 58.6 Å². The lowest BCUT2D eigenvalue weighted by atomic mass is 10.0. The highest BCUT2D eigenvalue weighted by molar-refractivity contribution is 6.04. The number of methoxy groups -OCH3 is 1. The summed E-state index contributed by atoms with van der Waals surface area (Å²) in [5.41, 5.74) is 2.70. The van der Waals surface area contributed by atoms with Crippen LogP contribution in [0.3, 0.4) is 0 Å². The van der Waals surface area contributed by atoms with Crippen LogP contribution in [0.5, 0.6) is 5.75 Å². The van der Waals surface area contributed by atoms with Gasteiger partial charge in [0.25, 0.3) is 11.8 Å². The number of nitrogens with zero attached hydrogens (tertiary/aromatic N) is 1. The number of benzene rings is 3. The van der Waals surface area contributed by atoms with Crippen molar-refractivity contribution in [3.05, 3.63) is 95.6 Å². The molecular weight excluding hydrogens is 364 g/mol. The molecule has 0 saturated carbocycles. The second-order valence-corrected chi connectivity index (χ2v) is 6.74. The summed E-state index contributed by atoms with van der Waals surface area (Å²) in [6, 6.07) is 23.5. The number of carbonyl (C=O) groups is 2. The van der Waals surface area contributed by atoms with E-state index >= 15 is 0 Å². The zero-order valence-electron chi connectivity index (χ0n) is 16.8. The Hall–Kier alpha value is -3.60. The van der Waals surface area contributed by atoms with E-state index in [1.807, 2.05) is 61.5 Å². The van der Waals surface area contributed by atoms with Crippen LogP contribution in [-0.4, -0.2) is 30.9 Å². The number of carbonyl (C=O) groups excluding carboxylic acids is 2. The van der Waals surface area contributed by atoms with Crippen LogP contribution in [0, 0.1) is 0 Å². The molecule has 0 aliphatic carbocycles. The number of rotatable bonds is 6. The van der Waals surface area contributed by atoms with Crippen molar-refractivity contribution in [1.29, 1.82) is 0 Å². The van der Waals surface area contributed by atoms with Gasteiger partial charge in [0.2, 0.25) is 0 Å². The van der Waals surface area contributed by atoms with Crippen molar-refractivity contribution < 1.29 is 14.3 Å². The predicted molar refractivity (Wildman–Crippen MR) is 114 cm³/mol. The van der Waals surface area contributed by atoms with Crippen LogP contribution in [0.2, 0.25) is 0 Å². The van der Waals surface area contributed by atoms with E-state index in [4.69, 9.17) is 4.74 Å². The summed E-state index contributed by atoms with van der Waals surface area (Å²) >= 11 is 0. The van der Waals surface area contributed by atoms with Gasteiger partial charge in [-0.05, 0) is 48.9 Å². The van der Waals surface area contributed by atoms with Gasteiger partial charge >= 0.3 is 0 Å². The standard InChI is InChI=1S/C24H24N2O3/c1-17(26(2)24(28)21-14-7-8-15-22(21)29-3)19-12-9-13-20(16-19)25-23(27)18-10-5-4-6-11-18/h4-17H,1-3H3,(H,25,27). The average molecular weight is 388 g/mol. The molecule has 2 amide bonds. The first-order chi connectivity index (χ1) is 14.0. The van der Waals surface area contributed by atoms with Gasteiger partial charge in [0.05, 0.1) is 18.7 Å². The van der Waals surface area contributed by atoms with Crippen LogP contribution in [0.15, 0.2) is 78.9 Å². The van der Waals surface area contributed by atoms with Gasteiger partial charge < -0.3 is 15.0 Å². The SMILES string of the molecule is COc1ccccc1C(=O)N(C)C(C)c1cccc(NC(=O)c2ccccc2)c1. The highest BCUT2D eigenvalue weighted by Gasteiger charge is 2.22. The van der Waals surface area contributed by atoms with Crippen molar-refractivity contribution in [2.24, 2.45) is 0 Å². The van der Waals surface area contributed by atoms with Crippen LogP contribution in [0.25, 0.3) is 0 Å². The minimum Gasteiger partial charge on any atom is -0.496 e. The Morgan fingerprint density at radius 2 is 1.62 bits per heavy atom. The summed E-state index contributed by atoms with van der Waals surface area (Å²) in [7, 11) is 3.31. The highest BCUT2D eigenvalue weighted by Crippen LogP contribution is 2.26. The molecule has 1 unspecified atom stereocenters. The Balaban J connectivity index is 1.77. The first kappa shape index (κ1) is 20.1. The summed E-state index contributed by atoms with van der Waals surface area (Å²) in [5, 5.41) is 2.91. The number of hydrogen-bond acceptors (Lipinski definition) is 3. The van der Waals surface area contributed by atoms with Gasteiger partial charge in [0.1, 0.15) is 5.75 Å². The molecule has 0 radical (unpaired) electrons. The monoisotopic (exact) mass is 388 g/mol. The molecule has 3 aromatic carbocycles.